The summed E-state index contributed by atoms with van der Waals surface area (Å²) in [4.78, 5) is 3.84. The first-order valence-corrected chi connectivity index (χ1v) is 3.32. The molecule has 2 radical (unpaired) electrons. The molecule has 0 aliphatic carbocycles. The van der Waals surface area contributed by atoms with Crippen molar-refractivity contribution < 1.29 is 0 Å². The fourth-order valence-electron chi connectivity index (χ4n) is 0.880. The molecule has 0 saturated heterocycles. The van der Waals surface area contributed by atoms with Crippen LogP contribution < -0.4 is 11.2 Å². The molecular weight excluding hydrogens is 135 g/mol. The van der Waals surface area contributed by atoms with E-state index in [9.17, 15) is 0 Å². The molecule has 0 fully saturated rings. The molecule has 0 heterocycles. The van der Waals surface area contributed by atoms with E-state index in [2.05, 4.69) is 4.99 Å². The summed E-state index contributed by atoms with van der Waals surface area (Å²) in [6, 6.07) is 5.42. The third kappa shape index (κ3) is 1.61. The van der Waals surface area contributed by atoms with Gasteiger partial charge >= 0.3 is 0 Å². The van der Waals surface area contributed by atoms with Gasteiger partial charge in [-0.05, 0) is 6.07 Å². The molecule has 0 amide bonds. The van der Waals surface area contributed by atoms with Crippen LogP contribution in [0.3, 0.4) is 0 Å². The smallest absolute Gasteiger partial charge is 0.114 e. The lowest BCUT2D eigenvalue weighted by atomic mass is 9.90. The zero-order valence-electron chi connectivity index (χ0n) is 6.41. The number of aliphatic imine (C=N–C) groups is 1. The van der Waals surface area contributed by atoms with Gasteiger partial charge in [0.25, 0.3) is 0 Å². The minimum Gasteiger partial charge on any atom is -0.398 e. The van der Waals surface area contributed by atoms with Crippen LogP contribution in [0.4, 0.5) is 5.69 Å². The number of anilines is 1. The number of benzene rings is 1. The second kappa shape index (κ2) is 3.24. The predicted octanol–water partition coefficient (Wildman–Crippen LogP) is 0.111. The second-order valence-electron chi connectivity index (χ2n) is 2.24. The highest BCUT2D eigenvalue weighted by Gasteiger charge is 1.96. The Balaban J connectivity index is 3.20. The molecule has 0 aromatic heterocycles. The topological polar surface area (TPSA) is 38.4 Å². The molecule has 0 saturated carbocycles. The summed E-state index contributed by atoms with van der Waals surface area (Å²) < 4.78 is 0. The lowest BCUT2D eigenvalue weighted by Crippen LogP contribution is -2.12. The molecule has 0 aliphatic heterocycles. The van der Waals surface area contributed by atoms with Gasteiger partial charge in [-0.25, -0.2) is 0 Å². The predicted molar refractivity (Wildman–Crippen MR) is 49.8 cm³/mol. The fraction of sp³-hybridized carbons (Fsp3) is 0.125. The molecule has 54 valence electrons. The lowest BCUT2D eigenvalue weighted by molar-refractivity contribution is 1.47. The Labute approximate surface area is 67.5 Å². The number of nitrogens with two attached hydrogens (primary N) is 1. The summed E-state index contributed by atoms with van der Waals surface area (Å²) in [5, 5.41) is 0. The average molecular weight is 144 g/mol. The van der Waals surface area contributed by atoms with E-state index in [1.54, 1.807) is 25.4 Å². The zero-order chi connectivity index (χ0) is 8.27. The molecule has 0 spiro atoms. The van der Waals surface area contributed by atoms with Crippen molar-refractivity contribution in [2.45, 2.75) is 0 Å². The maximum atomic E-state index is 5.64. The summed E-state index contributed by atoms with van der Waals surface area (Å²) in [7, 11) is 7.32. The van der Waals surface area contributed by atoms with Gasteiger partial charge in [-0.15, -0.1) is 0 Å². The van der Waals surface area contributed by atoms with E-state index < -0.39 is 0 Å². The van der Waals surface area contributed by atoms with Crippen molar-refractivity contribution in [1.29, 1.82) is 0 Å². The minimum atomic E-state index is 0.663. The maximum Gasteiger partial charge on any atom is 0.114 e. The number of hydrogen-bond donors (Lipinski definition) is 1. The van der Waals surface area contributed by atoms with Crippen LogP contribution >= 0.6 is 0 Å². The van der Waals surface area contributed by atoms with Crippen molar-refractivity contribution in [2.75, 3.05) is 12.8 Å². The molecule has 3 heteroatoms. The van der Waals surface area contributed by atoms with Gasteiger partial charge in [0.15, 0.2) is 0 Å². The molecule has 1 aromatic rings. The molecule has 0 bridgehead atoms. The van der Waals surface area contributed by atoms with Crippen LogP contribution in [-0.4, -0.2) is 21.1 Å². The number of nitrogens with zero attached hydrogens (tertiary/aromatic N) is 1. The van der Waals surface area contributed by atoms with Crippen LogP contribution in [0.2, 0.25) is 0 Å². The van der Waals surface area contributed by atoms with E-state index in [0.29, 0.717) is 11.2 Å². The second-order valence-corrected chi connectivity index (χ2v) is 2.24. The third-order valence-electron chi connectivity index (χ3n) is 1.43. The third-order valence-corrected chi connectivity index (χ3v) is 1.43. The highest BCUT2D eigenvalue weighted by Crippen LogP contribution is 2.03. The van der Waals surface area contributed by atoms with Crippen LogP contribution in [0.1, 0.15) is 5.56 Å². The highest BCUT2D eigenvalue weighted by atomic mass is 14.6. The molecule has 0 unspecified atom stereocenters. The highest BCUT2D eigenvalue weighted by molar-refractivity contribution is 6.36. The van der Waals surface area contributed by atoms with Crippen molar-refractivity contribution in [3.63, 3.8) is 0 Å². The van der Waals surface area contributed by atoms with E-state index in [-0.39, 0.29) is 0 Å². The van der Waals surface area contributed by atoms with Gasteiger partial charge in [0.05, 0.1) is 0 Å². The van der Waals surface area contributed by atoms with Crippen molar-refractivity contribution >= 4 is 25.2 Å². The van der Waals surface area contributed by atoms with Gasteiger partial charge in [-0.2, -0.15) is 0 Å². The van der Waals surface area contributed by atoms with Gasteiger partial charge in [-0.1, -0.05) is 17.6 Å². The van der Waals surface area contributed by atoms with E-state index in [4.69, 9.17) is 13.6 Å². The molecule has 2 N–H and O–H groups in total. The average Bonchev–Trinajstić information content (AvgIpc) is 1.97. The Morgan fingerprint density at radius 1 is 1.55 bits per heavy atom. The normalized spacial score (nSPS) is 10.6. The largest absolute Gasteiger partial charge is 0.398 e. The monoisotopic (exact) mass is 144 g/mol. The Morgan fingerprint density at radius 3 is 2.82 bits per heavy atom. The molecule has 0 atom stereocenters. The van der Waals surface area contributed by atoms with Crippen molar-refractivity contribution in [2.24, 2.45) is 4.99 Å². The zero-order valence-corrected chi connectivity index (χ0v) is 6.41. The van der Waals surface area contributed by atoms with Gasteiger partial charge in [0.2, 0.25) is 0 Å². The van der Waals surface area contributed by atoms with Gasteiger partial charge in [-0.3, -0.25) is 4.99 Å². The van der Waals surface area contributed by atoms with Crippen molar-refractivity contribution in [3.05, 3.63) is 23.8 Å². The number of nitrogen functional groups attached to an aromatic ring is 1. The van der Waals surface area contributed by atoms with Gasteiger partial charge < -0.3 is 5.73 Å². The molecule has 2 nitrogen and oxygen atoms in total. The summed E-state index contributed by atoms with van der Waals surface area (Å²) >= 11 is 0. The summed E-state index contributed by atoms with van der Waals surface area (Å²) in [6.07, 6.45) is 1.66. The van der Waals surface area contributed by atoms with Gasteiger partial charge in [0.1, 0.15) is 7.85 Å². The quantitative estimate of drug-likeness (QED) is 0.339. The Kier molecular flexibility index (Phi) is 2.31. The summed E-state index contributed by atoms with van der Waals surface area (Å²) in [5.74, 6) is 0. The van der Waals surface area contributed by atoms with Crippen LogP contribution in [-0.2, 0) is 0 Å². The van der Waals surface area contributed by atoms with E-state index in [1.165, 1.54) is 0 Å². The molecular formula is C8H9BN2. The van der Waals surface area contributed by atoms with Crippen LogP contribution in [0.25, 0.3) is 0 Å². The SMILES string of the molecule is [B]c1cccc(N)c1C=NC. The van der Waals surface area contributed by atoms with Crippen LogP contribution in [0.15, 0.2) is 23.2 Å². The maximum absolute atomic E-state index is 5.64. The Bertz CT molecular complexity index is 261. The van der Waals surface area contributed by atoms with Gasteiger partial charge in [0, 0.05) is 24.5 Å². The van der Waals surface area contributed by atoms with Crippen molar-refractivity contribution in [1.82, 2.24) is 0 Å². The van der Waals surface area contributed by atoms with E-state index in [1.807, 2.05) is 6.07 Å². The Morgan fingerprint density at radius 2 is 2.27 bits per heavy atom. The standard InChI is InChI=1S/C8H9BN2/c1-11-5-6-7(9)3-2-4-8(6)10/h2-5H,10H2,1H3. The molecule has 1 aromatic carbocycles. The summed E-state index contributed by atoms with van der Waals surface area (Å²) in [5.41, 5.74) is 7.76. The molecule has 11 heavy (non-hydrogen) atoms. The van der Waals surface area contributed by atoms with Crippen LogP contribution in [0, 0.1) is 0 Å². The molecule has 0 aliphatic rings. The Hall–Kier alpha value is -1.25. The first kappa shape index (κ1) is 7.86. The summed E-state index contributed by atoms with van der Waals surface area (Å²) in [6.45, 7) is 0. The van der Waals surface area contributed by atoms with Crippen molar-refractivity contribution in [3.8, 4) is 0 Å². The van der Waals surface area contributed by atoms with Crippen LogP contribution in [0.5, 0.6) is 0 Å². The first-order valence-electron chi connectivity index (χ1n) is 3.32. The minimum absolute atomic E-state index is 0.663. The lowest BCUT2D eigenvalue weighted by Gasteiger charge is -2.02. The first-order chi connectivity index (χ1) is 5.25. The fourth-order valence-corrected chi connectivity index (χ4v) is 0.880. The van der Waals surface area contributed by atoms with E-state index in [0.717, 1.165) is 5.56 Å². The van der Waals surface area contributed by atoms with E-state index >= 15 is 0 Å². The number of rotatable bonds is 1. The molecule has 1 rings (SSSR count). The number of hydrogen-bond acceptors (Lipinski definition) is 2.